The zero-order valence-electron chi connectivity index (χ0n) is 10.1. The molecule has 3 aromatic rings. The molecule has 0 aliphatic heterocycles. The van der Waals surface area contributed by atoms with E-state index in [-0.39, 0.29) is 4.90 Å². The van der Waals surface area contributed by atoms with Gasteiger partial charge in [0, 0.05) is 4.47 Å². The van der Waals surface area contributed by atoms with Crippen LogP contribution >= 0.6 is 27.3 Å². The number of fused-ring (bicyclic) bond motifs is 1. The highest BCUT2D eigenvalue weighted by molar-refractivity contribution is 9.10. The van der Waals surface area contributed by atoms with Gasteiger partial charge in [0.2, 0.25) is 0 Å². The Labute approximate surface area is 128 Å². The van der Waals surface area contributed by atoms with Crippen LogP contribution < -0.4 is 4.72 Å². The molecule has 0 saturated heterocycles. The number of nitrogens with one attached hydrogen (secondary N) is 1. The lowest BCUT2D eigenvalue weighted by Gasteiger charge is -2.03. The molecule has 2 aromatic carbocycles. The first-order valence-corrected chi connectivity index (χ1v) is 8.78. The van der Waals surface area contributed by atoms with Gasteiger partial charge in [0.15, 0.2) is 5.13 Å². The van der Waals surface area contributed by atoms with Gasteiger partial charge in [-0.25, -0.2) is 13.4 Å². The minimum Gasteiger partial charge on any atom is -0.255 e. The molecular weight excluding hydrogens is 360 g/mol. The van der Waals surface area contributed by atoms with Crippen LogP contribution in [0.4, 0.5) is 5.13 Å². The van der Waals surface area contributed by atoms with Crippen molar-refractivity contribution in [2.45, 2.75) is 4.90 Å². The molecule has 0 aliphatic rings. The molecule has 7 heteroatoms. The van der Waals surface area contributed by atoms with E-state index in [9.17, 15) is 8.42 Å². The summed E-state index contributed by atoms with van der Waals surface area (Å²) in [5.41, 5.74) is 0.753. The minimum atomic E-state index is -3.59. The molecule has 0 spiro atoms. The number of hydrogen-bond acceptors (Lipinski definition) is 4. The molecule has 0 radical (unpaired) electrons. The van der Waals surface area contributed by atoms with E-state index >= 15 is 0 Å². The molecule has 1 heterocycles. The zero-order chi connectivity index (χ0) is 14.2. The van der Waals surface area contributed by atoms with Crippen molar-refractivity contribution in [2.75, 3.05) is 4.72 Å². The van der Waals surface area contributed by atoms with E-state index in [1.54, 1.807) is 30.3 Å². The molecule has 1 aromatic heterocycles. The van der Waals surface area contributed by atoms with Crippen molar-refractivity contribution in [2.24, 2.45) is 0 Å². The molecule has 0 atom stereocenters. The van der Waals surface area contributed by atoms with Crippen molar-refractivity contribution in [1.82, 2.24) is 4.98 Å². The van der Waals surface area contributed by atoms with Crippen LogP contribution in [-0.2, 0) is 10.0 Å². The van der Waals surface area contributed by atoms with Gasteiger partial charge in [-0.2, -0.15) is 0 Å². The normalized spacial score (nSPS) is 11.7. The fourth-order valence-electron chi connectivity index (χ4n) is 1.73. The monoisotopic (exact) mass is 368 g/mol. The Bertz CT molecular complexity index is 860. The summed E-state index contributed by atoms with van der Waals surface area (Å²) in [4.78, 5) is 4.52. The van der Waals surface area contributed by atoms with Crippen LogP contribution in [0.5, 0.6) is 0 Å². The first-order chi connectivity index (χ1) is 9.56. The maximum atomic E-state index is 12.2. The van der Waals surface area contributed by atoms with Crippen LogP contribution in [0.2, 0.25) is 0 Å². The van der Waals surface area contributed by atoms with Crippen molar-refractivity contribution < 1.29 is 8.42 Å². The zero-order valence-corrected chi connectivity index (χ0v) is 13.3. The highest BCUT2D eigenvalue weighted by atomic mass is 79.9. The molecule has 0 fully saturated rings. The standard InChI is InChI=1S/C13H9BrN2O2S2/c14-10-7-4-8-11-12(10)15-13(19-11)16-20(17,18)9-5-2-1-3-6-9/h1-8H,(H,15,16). The number of thiazole rings is 1. The molecule has 0 unspecified atom stereocenters. The average molecular weight is 369 g/mol. The molecule has 0 bridgehead atoms. The lowest BCUT2D eigenvalue weighted by Crippen LogP contribution is -2.12. The van der Waals surface area contributed by atoms with Crippen LogP contribution in [-0.4, -0.2) is 13.4 Å². The SMILES string of the molecule is O=S(=O)(Nc1nc2c(Br)cccc2s1)c1ccccc1. The van der Waals surface area contributed by atoms with E-state index in [2.05, 4.69) is 25.6 Å². The summed E-state index contributed by atoms with van der Waals surface area (Å²) in [6.07, 6.45) is 0. The van der Waals surface area contributed by atoms with E-state index in [4.69, 9.17) is 0 Å². The first kappa shape index (κ1) is 13.5. The second-order valence-electron chi connectivity index (χ2n) is 4.02. The third-order valence-corrected chi connectivity index (χ3v) is 5.70. The Hall–Kier alpha value is -1.44. The van der Waals surface area contributed by atoms with Crippen LogP contribution in [0.3, 0.4) is 0 Å². The highest BCUT2D eigenvalue weighted by Gasteiger charge is 2.16. The third-order valence-electron chi connectivity index (χ3n) is 2.64. The minimum absolute atomic E-state index is 0.221. The van der Waals surface area contributed by atoms with Gasteiger partial charge in [0.25, 0.3) is 10.0 Å². The fraction of sp³-hybridized carbons (Fsp3) is 0. The van der Waals surface area contributed by atoms with Gasteiger partial charge in [-0.15, -0.1) is 0 Å². The van der Waals surface area contributed by atoms with E-state index in [1.165, 1.54) is 11.3 Å². The number of halogens is 1. The quantitative estimate of drug-likeness (QED) is 0.763. The second-order valence-corrected chi connectivity index (χ2v) is 7.59. The summed E-state index contributed by atoms with van der Waals surface area (Å²) < 4.78 is 28.7. The summed E-state index contributed by atoms with van der Waals surface area (Å²) in [5, 5.41) is 0.357. The number of rotatable bonds is 3. The fourth-order valence-corrected chi connectivity index (χ4v) is 4.47. The summed E-state index contributed by atoms with van der Waals surface area (Å²) in [6.45, 7) is 0. The van der Waals surface area contributed by atoms with Crippen molar-refractivity contribution in [3.8, 4) is 0 Å². The molecule has 0 amide bonds. The highest BCUT2D eigenvalue weighted by Crippen LogP contribution is 2.31. The topological polar surface area (TPSA) is 59.1 Å². The van der Waals surface area contributed by atoms with Crippen molar-refractivity contribution in [1.29, 1.82) is 0 Å². The summed E-state index contributed by atoms with van der Waals surface area (Å²) in [6, 6.07) is 13.9. The Morgan fingerprint density at radius 3 is 2.50 bits per heavy atom. The van der Waals surface area contributed by atoms with Gasteiger partial charge in [-0.1, -0.05) is 35.6 Å². The van der Waals surface area contributed by atoms with Crippen LogP contribution in [0, 0.1) is 0 Å². The van der Waals surface area contributed by atoms with Gasteiger partial charge < -0.3 is 0 Å². The van der Waals surface area contributed by atoms with E-state index < -0.39 is 10.0 Å². The van der Waals surface area contributed by atoms with Gasteiger partial charge in [-0.05, 0) is 40.2 Å². The van der Waals surface area contributed by atoms with E-state index in [1.807, 2.05) is 18.2 Å². The van der Waals surface area contributed by atoms with E-state index in [0.29, 0.717) is 5.13 Å². The number of hydrogen-bond donors (Lipinski definition) is 1. The second kappa shape index (κ2) is 5.16. The number of nitrogens with zero attached hydrogens (tertiary/aromatic N) is 1. The third kappa shape index (κ3) is 2.56. The smallest absolute Gasteiger partial charge is 0.255 e. The lowest BCUT2D eigenvalue weighted by atomic mass is 10.3. The molecule has 102 valence electrons. The largest absolute Gasteiger partial charge is 0.263 e. The average Bonchev–Trinajstić information content (AvgIpc) is 2.83. The molecule has 20 heavy (non-hydrogen) atoms. The van der Waals surface area contributed by atoms with E-state index in [0.717, 1.165) is 14.7 Å². The van der Waals surface area contributed by atoms with Crippen LogP contribution in [0.1, 0.15) is 0 Å². The Morgan fingerprint density at radius 2 is 1.80 bits per heavy atom. The van der Waals surface area contributed by atoms with Crippen molar-refractivity contribution in [3.63, 3.8) is 0 Å². The van der Waals surface area contributed by atoms with Crippen LogP contribution in [0.25, 0.3) is 10.2 Å². The summed E-state index contributed by atoms with van der Waals surface area (Å²) >= 11 is 4.70. The predicted octanol–water partition coefficient (Wildman–Crippen LogP) is 3.86. The van der Waals surface area contributed by atoms with Gasteiger partial charge in [0.05, 0.1) is 15.1 Å². The lowest BCUT2D eigenvalue weighted by molar-refractivity contribution is 0.601. The molecule has 1 N–H and O–H groups in total. The predicted molar refractivity (Wildman–Crippen MR) is 84.6 cm³/mol. The molecular formula is C13H9BrN2O2S2. The Balaban J connectivity index is 1.99. The molecule has 0 aliphatic carbocycles. The summed E-state index contributed by atoms with van der Waals surface area (Å²) in [5.74, 6) is 0. The number of para-hydroxylation sites is 1. The maximum Gasteiger partial charge on any atom is 0.263 e. The molecule has 4 nitrogen and oxygen atoms in total. The summed E-state index contributed by atoms with van der Waals surface area (Å²) in [7, 11) is -3.59. The number of sulfonamides is 1. The molecule has 0 saturated carbocycles. The van der Waals surface area contributed by atoms with Crippen molar-refractivity contribution in [3.05, 3.63) is 53.0 Å². The van der Waals surface area contributed by atoms with Crippen LogP contribution in [0.15, 0.2) is 57.9 Å². The number of aromatic nitrogens is 1. The van der Waals surface area contributed by atoms with Gasteiger partial charge in [0.1, 0.15) is 0 Å². The Kier molecular flexibility index (Phi) is 3.49. The van der Waals surface area contributed by atoms with Gasteiger partial charge in [-0.3, -0.25) is 4.72 Å². The maximum absolute atomic E-state index is 12.2. The first-order valence-electron chi connectivity index (χ1n) is 5.69. The number of anilines is 1. The van der Waals surface area contributed by atoms with Gasteiger partial charge >= 0.3 is 0 Å². The number of benzene rings is 2. The van der Waals surface area contributed by atoms with Crippen molar-refractivity contribution >= 4 is 52.6 Å². The molecule has 3 rings (SSSR count). The Morgan fingerprint density at radius 1 is 1.05 bits per heavy atom.